The Bertz CT molecular complexity index is 1140. The molecule has 0 unspecified atom stereocenters. The van der Waals surface area contributed by atoms with Gasteiger partial charge in [-0.05, 0) is 47.9 Å². The van der Waals surface area contributed by atoms with E-state index in [0.29, 0.717) is 18.1 Å². The number of hydrogen-bond donors (Lipinski definition) is 0. The number of pyridine rings is 1. The van der Waals surface area contributed by atoms with Crippen LogP contribution < -0.4 is 9.64 Å². The van der Waals surface area contributed by atoms with Crippen LogP contribution in [-0.2, 0) is 24.2 Å². The predicted octanol–water partition coefficient (Wildman–Crippen LogP) is 5.04. The Morgan fingerprint density at radius 1 is 1.07 bits per heavy atom. The zero-order valence-electron chi connectivity index (χ0n) is 17.0. The smallest absolute Gasteiger partial charge is 0.233 e. The summed E-state index contributed by atoms with van der Waals surface area (Å²) in [4.78, 5) is 24.2. The van der Waals surface area contributed by atoms with Crippen molar-refractivity contribution < 1.29 is 9.53 Å². The van der Waals surface area contributed by atoms with Gasteiger partial charge in [0.15, 0.2) is 5.13 Å². The molecule has 0 spiro atoms. The summed E-state index contributed by atoms with van der Waals surface area (Å²) in [6, 6.07) is 19.7. The van der Waals surface area contributed by atoms with E-state index in [-0.39, 0.29) is 5.91 Å². The number of methoxy groups -OCH3 is 1. The van der Waals surface area contributed by atoms with Crippen LogP contribution in [0.5, 0.6) is 5.75 Å². The van der Waals surface area contributed by atoms with E-state index < -0.39 is 0 Å². The van der Waals surface area contributed by atoms with Crippen LogP contribution in [0, 0.1) is 0 Å². The van der Waals surface area contributed by atoms with Crippen LogP contribution in [0.2, 0.25) is 0 Å². The van der Waals surface area contributed by atoms with Crippen molar-refractivity contribution in [2.75, 3.05) is 12.0 Å². The SMILES string of the molecule is CCc1ccc(CC(=O)N(Cc2ccccn2)c2nc3ccc(OC)cc3s2)cc1. The number of nitrogens with zero attached hydrogens (tertiary/aromatic N) is 3. The second kappa shape index (κ2) is 9.05. The lowest BCUT2D eigenvalue weighted by molar-refractivity contribution is -0.118. The summed E-state index contributed by atoms with van der Waals surface area (Å²) in [6.45, 7) is 2.50. The maximum absolute atomic E-state index is 13.3. The zero-order valence-corrected chi connectivity index (χ0v) is 17.9. The molecule has 0 radical (unpaired) electrons. The largest absolute Gasteiger partial charge is 0.497 e. The topological polar surface area (TPSA) is 55.3 Å². The molecule has 0 aliphatic rings. The van der Waals surface area contributed by atoms with Crippen LogP contribution in [0.25, 0.3) is 10.2 Å². The molecule has 0 saturated carbocycles. The van der Waals surface area contributed by atoms with E-state index in [0.717, 1.165) is 33.6 Å². The molecule has 0 N–H and O–H groups in total. The molecule has 152 valence electrons. The van der Waals surface area contributed by atoms with Gasteiger partial charge in [-0.1, -0.05) is 48.6 Å². The molecule has 0 aliphatic carbocycles. The number of anilines is 1. The molecule has 0 saturated heterocycles. The third kappa shape index (κ3) is 4.49. The molecule has 1 amide bonds. The molecule has 0 bridgehead atoms. The molecule has 2 heterocycles. The van der Waals surface area contributed by atoms with Crippen molar-refractivity contribution in [1.82, 2.24) is 9.97 Å². The third-order valence-electron chi connectivity index (χ3n) is 4.95. The molecular weight excluding hydrogens is 394 g/mol. The van der Waals surface area contributed by atoms with Gasteiger partial charge in [0.2, 0.25) is 5.91 Å². The summed E-state index contributed by atoms with van der Waals surface area (Å²) in [6.07, 6.45) is 3.04. The highest BCUT2D eigenvalue weighted by Gasteiger charge is 2.21. The first-order valence-electron chi connectivity index (χ1n) is 9.89. The summed E-state index contributed by atoms with van der Waals surface area (Å²) in [5.74, 6) is 0.771. The lowest BCUT2D eigenvalue weighted by atomic mass is 10.1. The van der Waals surface area contributed by atoms with Gasteiger partial charge in [-0.15, -0.1) is 0 Å². The number of benzene rings is 2. The number of aryl methyl sites for hydroxylation is 1. The summed E-state index contributed by atoms with van der Waals surface area (Å²) < 4.78 is 6.30. The van der Waals surface area contributed by atoms with E-state index in [1.807, 2.05) is 48.5 Å². The quantitative estimate of drug-likeness (QED) is 0.423. The van der Waals surface area contributed by atoms with E-state index in [2.05, 4.69) is 24.0 Å². The van der Waals surface area contributed by atoms with Crippen LogP contribution in [0.3, 0.4) is 0 Å². The molecular formula is C24H23N3O2S. The van der Waals surface area contributed by atoms with Gasteiger partial charge in [0.1, 0.15) is 5.75 Å². The minimum atomic E-state index is -0.00378. The highest BCUT2D eigenvalue weighted by atomic mass is 32.1. The summed E-state index contributed by atoms with van der Waals surface area (Å²) in [5.41, 5.74) is 3.92. The van der Waals surface area contributed by atoms with E-state index in [9.17, 15) is 4.79 Å². The van der Waals surface area contributed by atoms with Crippen molar-refractivity contribution in [2.45, 2.75) is 26.3 Å². The number of carbonyl (C=O) groups is 1. The molecule has 5 nitrogen and oxygen atoms in total. The summed E-state index contributed by atoms with van der Waals surface area (Å²) >= 11 is 1.49. The van der Waals surface area contributed by atoms with Gasteiger partial charge in [0, 0.05) is 6.20 Å². The number of thiazole rings is 1. The normalized spacial score (nSPS) is 10.9. The van der Waals surface area contributed by atoms with Crippen molar-refractivity contribution in [3.05, 3.63) is 83.7 Å². The number of carbonyl (C=O) groups excluding carboxylic acids is 1. The first kappa shape index (κ1) is 20.0. The fourth-order valence-electron chi connectivity index (χ4n) is 3.21. The molecule has 0 aliphatic heterocycles. The van der Waals surface area contributed by atoms with Crippen molar-refractivity contribution in [2.24, 2.45) is 0 Å². The third-order valence-corrected chi connectivity index (χ3v) is 5.99. The second-order valence-corrected chi connectivity index (χ2v) is 7.99. The predicted molar refractivity (Wildman–Crippen MR) is 121 cm³/mol. The van der Waals surface area contributed by atoms with Crippen LogP contribution in [-0.4, -0.2) is 23.0 Å². The van der Waals surface area contributed by atoms with Gasteiger partial charge in [-0.3, -0.25) is 14.7 Å². The number of rotatable bonds is 7. The fourth-order valence-corrected chi connectivity index (χ4v) is 4.22. The van der Waals surface area contributed by atoms with Gasteiger partial charge >= 0.3 is 0 Å². The number of ether oxygens (including phenoxy) is 1. The molecule has 4 aromatic rings. The molecule has 2 aromatic carbocycles. The van der Waals surface area contributed by atoms with Crippen LogP contribution in [0.15, 0.2) is 66.9 Å². The van der Waals surface area contributed by atoms with E-state index in [1.54, 1.807) is 18.2 Å². The Hall–Kier alpha value is -3.25. The van der Waals surface area contributed by atoms with E-state index >= 15 is 0 Å². The molecule has 30 heavy (non-hydrogen) atoms. The van der Waals surface area contributed by atoms with Gasteiger partial charge in [-0.25, -0.2) is 4.98 Å². The van der Waals surface area contributed by atoms with E-state index in [4.69, 9.17) is 9.72 Å². The average Bonchev–Trinajstić information content (AvgIpc) is 3.21. The molecule has 2 aromatic heterocycles. The van der Waals surface area contributed by atoms with Crippen molar-refractivity contribution in [1.29, 1.82) is 0 Å². The number of amides is 1. The lowest BCUT2D eigenvalue weighted by Gasteiger charge is -2.19. The average molecular weight is 418 g/mol. The second-order valence-electron chi connectivity index (χ2n) is 6.98. The highest BCUT2D eigenvalue weighted by Crippen LogP contribution is 2.32. The van der Waals surface area contributed by atoms with Crippen molar-refractivity contribution in [3.63, 3.8) is 0 Å². The fraction of sp³-hybridized carbons (Fsp3) is 0.208. The monoisotopic (exact) mass is 417 g/mol. The summed E-state index contributed by atoms with van der Waals surface area (Å²) in [7, 11) is 1.64. The van der Waals surface area contributed by atoms with Crippen LogP contribution in [0.1, 0.15) is 23.7 Å². The Labute approximate surface area is 180 Å². The van der Waals surface area contributed by atoms with Crippen molar-refractivity contribution >= 4 is 32.6 Å². The molecule has 4 rings (SSSR count). The van der Waals surface area contributed by atoms with E-state index in [1.165, 1.54) is 16.9 Å². The number of aromatic nitrogens is 2. The van der Waals surface area contributed by atoms with Crippen LogP contribution in [0.4, 0.5) is 5.13 Å². The number of fused-ring (bicyclic) bond motifs is 1. The number of hydrogen-bond acceptors (Lipinski definition) is 5. The zero-order chi connectivity index (χ0) is 20.9. The Balaban J connectivity index is 1.65. The van der Waals surface area contributed by atoms with Crippen molar-refractivity contribution in [3.8, 4) is 5.75 Å². The first-order valence-corrected chi connectivity index (χ1v) is 10.7. The maximum Gasteiger partial charge on any atom is 0.233 e. The Morgan fingerprint density at radius 2 is 1.87 bits per heavy atom. The molecule has 0 fully saturated rings. The van der Waals surface area contributed by atoms with Gasteiger partial charge in [0.25, 0.3) is 0 Å². The highest BCUT2D eigenvalue weighted by molar-refractivity contribution is 7.22. The summed E-state index contributed by atoms with van der Waals surface area (Å²) in [5, 5.41) is 0.666. The van der Waals surface area contributed by atoms with Gasteiger partial charge in [0.05, 0.1) is 36.0 Å². The Morgan fingerprint density at radius 3 is 2.57 bits per heavy atom. The van der Waals surface area contributed by atoms with Gasteiger partial charge < -0.3 is 4.74 Å². The lowest BCUT2D eigenvalue weighted by Crippen LogP contribution is -2.32. The minimum absolute atomic E-state index is 0.00378. The molecule has 0 atom stereocenters. The van der Waals surface area contributed by atoms with Gasteiger partial charge in [-0.2, -0.15) is 0 Å². The standard InChI is InChI=1S/C24H23N3O2S/c1-3-17-7-9-18(10-8-17)14-23(28)27(16-19-6-4-5-13-25-19)24-26-21-12-11-20(29-2)15-22(21)30-24/h4-13,15H,3,14,16H2,1-2H3. The first-order chi connectivity index (χ1) is 14.7. The molecule has 6 heteroatoms. The minimum Gasteiger partial charge on any atom is -0.497 e. The Kier molecular flexibility index (Phi) is 6.05. The van der Waals surface area contributed by atoms with Crippen LogP contribution >= 0.6 is 11.3 Å². The maximum atomic E-state index is 13.3.